The number of sulfonamides is 1. The molecule has 6 heteroatoms. The lowest BCUT2D eigenvalue weighted by Crippen LogP contribution is -2.25. The molecule has 5 nitrogen and oxygen atoms in total. The van der Waals surface area contributed by atoms with Crippen LogP contribution >= 0.6 is 0 Å². The average molecular weight is 331 g/mol. The van der Waals surface area contributed by atoms with Crippen LogP contribution in [0.4, 0.5) is 0 Å². The second-order valence-electron chi connectivity index (χ2n) is 5.91. The number of aromatic nitrogens is 2. The standard InChI is InChI=1S/C17H21N3O2S/c1-14-2-4-15(5-3-14)8-13-23(21,22)19-10-12-20-11-9-18-17(20)16-6-7-16/h2-5,8-9,11,13,16,19H,6-7,10,12H2,1H3/b13-8+. The summed E-state index contributed by atoms with van der Waals surface area (Å²) in [6, 6.07) is 7.71. The van der Waals surface area contributed by atoms with Gasteiger partial charge >= 0.3 is 0 Å². The van der Waals surface area contributed by atoms with Crippen LogP contribution in [0.15, 0.2) is 42.1 Å². The zero-order valence-electron chi connectivity index (χ0n) is 13.1. The van der Waals surface area contributed by atoms with Gasteiger partial charge < -0.3 is 4.57 Å². The predicted octanol–water partition coefficient (Wildman–Crippen LogP) is 2.66. The second kappa shape index (κ2) is 6.68. The summed E-state index contributed by atoms with van der Waals surface area (Å²) in [5.41, 5.74) is 2.02. The van der Waals surface area contributed by atoms with Gasteiger partial charge in [0.05, 0.1) is 0 Å². The van der Waals surface area contributed by atoms with Crippen LogP contribution in [0.2, 0.25) is 0 Å². The van der Waals surface area contributed by atoms with Gasteiger partial charge in [-0.15, -0.1) is 0 Å². The van der Waals surface area contributed by atoms with Crippen LogP contribution in [0.25, 0.3) is 6.08 Å². The number of hydrogen-bond acceptors (Lipinski definition) is 3. The molecule has 1 heterocycles. The van der Waals surface area contributed by atoms with Crippen molar-refractivity contribution in [1.29, 1.82) is 0 Å². The fraction of sp³-hybridized carbons (Fsp3) is 0.353. The Bertz CT molecular complexity index is 788. The fourth-order valence-electron chi connectivity index (χ4n) is 2.41. The first kappa shape index (κ1) is 16.0. The van der Waals surface area contributed by atoms with Gasteiger partial charge in [-0.3, -0.25) is 0 Å². The molecule has 0 aliphatic heterocycles. The topological polar surface area (TPSA) is 64.0 Å². The van der Waals surface area contributed by atoms with Gasteiger partial charge in [-0.05, 0) is 31.4 Å². The van der Waals surface area contributed by atoms with Crippen LogP contribution in [-0.4, -0.2) is 24.5 Å². The summed E-state index contributed by atoms with van der Waals surface area (Å²) < 4.78 is 28.6. The van der Waals surface area contributed by atoms with Crippen LogP contribution in [0.5, 0.6) is 0 Å². The first-order valence-electron chi connectivity index (χ1n) is 7.79. The number of imidazole rings is 1. The molecule has 2 aromatic rings. The van der Waals surface area contributed by atoms with Gasteiger partial charge in [0.1, 0.15) is 5.82 Å². The number of nitrogens with one attached hydrogen (secondary N) is 1. The van der Waals surface area contributed by atoms with Crippen molar-refractivity contribution in [1.82, 2.24) is 14.3 Å². The molecule has 0 atom stereocenters. The summed E-state index contributed by atoms with van der Waals surface area (Å²) in [7, 11) is -3.42. The van der Waals surface area contributed by atoms with E-state index in [2.05, 4.69) is 9.71 Å². The van der Waals surface area contributed by atoms with Gasteiger partial charge in [0, 0.05) is 36.8 Å². The molecule has 1 aliphatic rings. The summed E-state index contributed by atoms with van der Waals surface area (Å²) in [5.74, 6) is 1.63. The molecule has 1 N–H and O–H groups in total. The zero-order valence-corrected chi connectivity index (χ0v) is 14.0. The Morgan fingerprint density at radius 3 is 2.74 bits per heavy atom. The van der Waals surface area contributed by atoms with Crippen molar-refractivity contribution in [2.24, 2.45) is 0 Å². The minimum atomic E-state index is -3.42. The van der Waals surface area contributed by atoms with Gasteiger partial charge in [-0.1, -0.05) is 29.8 Å². The minimum Gasteiger partial charge on any atom is -0.333 e. The highest BCUT2D eigenvalue weighted by atomic mass is 32.2. The quantitative estimate of drug-likeness (QED) is 0.848. The minimum absolute atomic E-state index is 0.358. The van der Waals surface area contributed by atoms with Crippen LogP contribution in [0, 0.1) is 6.92 Å². The normalized spacial score (nSPS) is 15.3. The first-order valence-corrected chi connectivity index (χ1v) is 9.33. The Kier molecular flexibility index (Phi) is 4.63. The SMILES string of the molecule is Cc1ccc(/C=C/S(=O)(=O)NCCn2ccnc2C2CC2)cc1. The molecule has 0 unspecified atom stereocenters. The first-order chi connectivity index (χ1) is 11.0. The van der Waals surface area contributed by atoms with Crippen LogP contribution in [-0.2, 0) is 16.6 Å². The fourth-order valence-corrected chi connectivity index (χ4v) is 3.22. The van der Waals surface area contributed by atoms with Crippen molar-refractivity contribution in [3.8, 4) is 0 Å². The van der Waals surface area contributed by atoms with E-state index >= 15 is 0 Å². The van der Waals surface area contributed by atoms with E-state index in [0.29, 0.717) is 19.0 Å². The molecule has 1 aromatic carbocycles. The highest BCUT2D eigenvalue weighted by Gasteiger charge is 2.27. The van der Waals surface area contributed by atoms with Crippen LogP contribution < -0.4 is 4.72 Å². The van der Waals surface area contributed by atoms with Crippen molar-refractivity contribution in [2.45, 2.75) is 32.2 Å². The molecule has 1 aliphatic carbocycles. The predicted molar refractivity (Wildman–Crippen MR) is 91.3 cm³/mol. The van der Waals surface area contributed by atoms with E-state index in [4.69, 9.17) is 0 Å². The molecule has 122 valence electrons. The lowest BCUT2D eigenvalue weighted by atomic mass is 10.2. The summed E-state index contributed by atoms with van der Waals surface area (Å²) >= 11 is 0. The van der Waals surface area contributed by atoms with E-state index in [1.165, 1.54) is 18.2 Å². The van der Waals surface area contributed by atoms with Crippen LogP contribution in [0.3, 0.4) is 0 Å². The Hall–Kier alpha value is -1.92. The number of aryl methyl sites for hydroxylation is 1. The van der Waals surface area contributed by atoms with Gasteiger partial charge in [-0.2, -0.15) is 0 Å². The Balaban J connectivity index is 1.54. The van der Waals surface area contributed by atoms with Crippen molar-refractivity contribution in [3.63, 3.8) is 0 Å². The zero-order chi connectivity index (χ0) is 16.3. The lowest BCUT2D eigenvalue weighted by Gasteiger charge is -2.07. The van der Waals surface area contributed by atoms with E-state index in [1.807, 2.05) is 42.0 Å². The van der Waals surface area contributed by atoms with Crippen molar-refractivity contribution >= 4 is 16.1 Å². The Morgan fingerprint density at radius 1 is 1.30 bits per heavy atom. The lowest BCUT2D eigenvalue weighted by molar-refractivity contribution is 0.577. The van der Waals surface area contributed by atoms with Crippen LogP contribution in [0.1, 0.15) is 35.7 Å². The van der Waals surface area contributed by atoms with Gasteiger partial charge in [0.25, 0.3) is 0 Å². The van der Waals surface area contributed by atoms with Crippen molar-refractivity contribution in [2.75, 3.05) is 6.54 Å². The Labute approximate surface area is 137 Å². The van der Waals surface area contributed by atoms with E-state index in [-0.39, 0.29) is 0 Å². The Morgan fingerprint density at radius 2 is 2.04 bits per heavy atom. The smallest absolute Gasteiger partial charge is 0.233 e. The highest BCUT2D eigenvalue weighted by molar-refractivity contribution is 7.92. The summed E-state index contributed by atoms with van der Waals surface area (Å²) in [6.07, 6.45) is 7.65. The van der Waals surface area contributed by atoms with E-state index in [1.54, 1.807) is 12.3 Å². The van der Waals surface area contributed by atoms with Gasteiger partial charge in [0.15, 0.2) is 0 Å². The van der Waals surface area contributed by atoms with Crippen molar-refractivity contribution in [3.05, 3.63) is 59.0 Å². The molecule has 1 aromatic heterocycles. The molecule has 1 saturated carbocycles. The third kappa shape index (κ3) is 4.53. The van der Waals surface area contributed by atoms with E-state index < -0.39 is 10.0 Å². The number of benzene rings is 1. The highest BCUT2D eigenvalue weighted by Crippen LogP contribution is 2.38. The molecule has 3 rings (SSSR count). The summed E-state index contributed by atoms with van der Waals surface area (Å²) in [6.45, 7) is 2.96. The average Bonchev–Trinajstić information content (AvgIpc) is 3.26. The van der Waals surface area contributed by atoms with Crippen molar-refractivity contribution < 1.29 is 8.42 Å². The molecular formula is C17H21N3O2S. The summed E-state index contributed by atoms with van der Waals surface area (Å²) in [4.78, 5) is 4.35. The number of hydrogen-bond donors (Lipinski definition) is 1. The van der Waals surface area contributed by atoms with Gasteiger partial charge in [-0.25, -0.2) is 18.1 Å². The molecule has 0 saturated heterocycles. The molecule has 1 fully saturated rings. The molecule has 23 heavy (non-hydrogen) atoms. The van der Waals surface area contributed by atoms with Gasteiger partial charge in [0.2, 0.25) is 10.0 Å². The monoisotopic (exact) mass is 331 g/mol. The molecular weight excluding hydrogens is 310 g/mol. The van der Waals surface area contributed by atoms with E-state index in [0.717, 1.165) is 17.0 Å². The van der Waals surface area contributed by atoms with E-state index in [9.17, 15) is 8.42 Å². The third-order valence-electron chi connectivity index (χ3n) is 3.86. The maximum atomic E-state index is 12.0. The maximum Gasteiger partial charge on any atom is 0.233 e. The maximum absolute atomic E-state index is 12.0. The largest absolute Gasteiger partial charge is 0.333 e. The molecule has 0 spiro atoms. The third-order valence-corrected chi connectivity index (χ3v) is 4.96. The number of rotatable bonds is 7. The molecule has 0 radical (unpaired) electrons. The molecule has 0 amide bonds. The summed E-state index contributed by atoms with van der Waals surface area (Å²) in [5, 5.41) is 1.22. The second-order valence-corrected chi connectivity index (χ2v) is 7.56. The molecule has 0 bridgehead atoms. The number of nitrogens with zero attached hydrogens (tertiary/aromatic N) is 2.